The molecule has 26 heavy (non-hydrogen) atoms. The standard InChI is InChI=1S/C21H18N4O/c1-14-9-11-15(12-10-14)22-20-18-7-2-3-8-19(18)24-21(25-20)23-16-5-4-6-17(26)13-16/h2-13,26H,1H3,(H2,22,23,24,25). The minimum atomic E-state index is 0.189. The lowest BCUT2D eigenvalue weighted by Crippen LogP contribution is -2.02. The van der Waals surface area contributed by atoms with E-state index in [2.05, 4.69) is 39.7 Å². The van der Waals surface area contributed by atoms with Crippen LogP contribution in [-0.2, 0) is 0 Å². The highest BCUT2D eigenvalue weighted by Gasteiger charge is 2.08. The predicted molar refractivity (Wildman–Crippen MR) is 105 cm³/mol. The highest BCUT2D eigenvalue weighted by atomic mass is 16.3. The van der Waals surface area contributed by atoms with Crippen LogP contribution in [0.15, 0.2) is 72.8 Å². The first-order valence-electron chi connectivity index (χ1n) is 8.34. The number of aryl methyl sites for hydroxylation is 1. The molecule has 3 N–H and O–H groups in total. The maximum absolute atomic E-state index is 9.64. The Balaban J connectivity index is 1.74. The molecular formula is C21H18N4O. The molecular weight excluding hydrogens is 324 g/mol. The van der Waals surface area contributed by atoms with Crippen molar-refractivity contribution in [1.82, 2.24) is 9.97 Å². The Morgan fingerprint density at radius 2 is 1.58 bits per heavy atom. The van der Waals surface area contributed by atoms with Gasteiger partial charge in [0.2, 0.25) is 5.95 Å². The van der Waals surface area contributed by atoms with Gasteiger partial charge in [-0.25, -0.2) is 4.98 Å². The summed E-state index contributed by atoms with van der Waals surface area (Å²) < 4.78 is 0. The van der Waals surface area contributed by atoms with Crippen molar-refractivity contribution in [1.29, 1.82) is 0 Å². The van der Waals surface area contributed by atoms with Crippen molar-refractivity contribution >= 4 is 34.0 Å². The van der Waals surface area contributed by atoms with Crippen LogP contribution < -0.4 is 10.6 Å². The molecule has 1 heterocycles. The van der Waals surface area contributed by atoms with Crippen LogP contribution in [-0.4, -0.2) is 15.1 Å². The average molecular weight is 342 g/mol. The van der Waals surface area contributed by atoms with Crippen LogP contribution in [0.2, 0.25) is 0 Å². The van der Waals surface area contributed by atoms with Gasteiger partial charge in [-0.1, -0.05) is 35.9 Å². The van der Waals surface area contributed by atoms with Gasteiger partial charge in [0.15, 0.2) is 0 Å². The van der Waals surface area contributed by atoms with E-state index in [9.17, 15) is 5.11 Å². The lowest BCUT2D eigenvalue weighted by atomic mass is 10.2. The first-order chi connectivity index (χ1) is 12.7. The molecule has 4 rings (SSSR count). The molecule has 5 heteroatoms. The molecule has 0 saturated carbocycles. The first kappa shape index (κ1) is 15.9. The summed E-state index contributed by atoms with van der Waals surface area (Å²) in [5.74, 6) is 1.37. The number of nitrogens with zero attached hydrogens (tertiary/aromatic N) is 2. The van der Waals surface area contributed by atoms with E-state index in [0.29, 0.717) is 5.95 Å². The Morgan fingerprint density at radius 3 is 2.38 bits per heavy atom. The van der Waals surface area contributed by atoms with E-state index >= 15 is 0 Å². The van der Waals surface area contributed by atoms with Gasteiger partial charge in [0.05, 0.1) is 5.52 Å². The zero-order valence-electron chi connectivity index (χ0n) is 14.3. The predicted octanol–water partition coefficient (Wildman–Crippen LogP) is 5.13. The van der Waals surface area contributed by atoms with Crippen molar-refractivity contribution in [2.24, 2.45) is 0 Å². The molecule has 128 valence electrons. The molecule has 4 aromatic rings. The van der Waals surface area contributed by atoms with Gasteiger partial charge in [-0.2, -0.15) is 4.98 Å². The number of nitrogens with one attached hydrogen (secondary N) is 2. The van der Waals surface area contributed by atoms with Gasteiger partial charge < -0.3 is 15.7 Å². The SMILES string of the molecule is Cc1ccc(Nc2nc(Nc3cccc(O)c3)nc3ccccc23)cc1. The third-order valence-electron chi connectivity index (χ3n) is 4.02. The van der Waals surface area contributed by atoms with Gasteiger partial charge in [0.25, 0.3) is 0 Å². The highest BCUT2D eigenvalue weighted by Crippen LogP contribution is 2.27. The van der Waals surface area contributed by atoms with Crippen LogP contribution >= 0.6 is 0 Å². The third-order valence-corrected chi connectivity index (χ3v) is 4.02. The summed E-state index contributed by atoms with van der Waals surface area (Å²) in [5.41, 5.74) is 3.72. The van der Waals surface area contributed by atoms with Gasteiger partial charge in [-0.15, -0.1) is 0 Å². The molecule has 0 amide bonds. The van der Waals surface area contributed by atoms with Crippen molar-refractivity contribution in [2.45, 2.75) is 6.92 Å². The Hall–Kier alpha value is -3.60. The summed E-state index contributed by atoms with van der Waals surface area (Å²) in [6, 6.07) is 22.9. The largest absolute Gasteiger partial charge is 0.508 e. The van der Waals surface area contributed by atoms with Gasteiger partial charge in [0, 0.05) is 22.8 Å². The maximum Gasteiger partial charge on any atom is 0.229 e. The van der Waals surface area contributed by atoms with Crippen LogP contribution in [0.1, 0.15) is 5.56 Å². The third kappa shape index (κ3) is 3.42. The molecule has 0 fully saturated rings. The summed E-state index contributed by atoms with van der Waals surface area (Å²) in [5, 5.41) is 17.1. The van der Waals surface area contributed by atoms with E-state index in [1.165, 1.54) is 5.56 Å². The molecule has 3 aromatic carbocycles. The molecule has 0 atom stereocenters. The van der Waals surface area contributed by atoms with Gasteiger partial charge in [-0.05, 0) is 43.3 Å². The zero-order valence-corrected chi connectivity index (χ0v) is 14.3. The second kappa shape index (κ2) is 6.72. The number of fused-ring (bicyclic) bond motifs is 1. The van der Waals surface area contributed by atoms with E-state index in [4.69, 9.17) is 0 Å². The fourth-order valence-corrected chi connectivity index (χ4v) is 2.71. The Morgan fingerprint density at radius 1 is 0.769 bits per heavy atom. The molecule has 5 nitrogen and oxygen atoms in total. The summed E-state index contributed by atoms with van der Waals surface area (Å²) in [7, 11) is 0. The zero-order chi connectivity index (χ0) is 17.9. The van der Waals surface area contributed by atoms with Crippen LogP contribution in [0, 0.1) is 6.92 Å². The Labute approximate surface area is 151 Å². The summed E-state index contributed by atoms with van der Waals surface area (Å²) in [4.78, 5) is 9.20. The molecule has 0 bridgehead atoms. The molecule has 0 aliphatic heterocycles. The second-order valence-corrected chi connectivity index (χ2v) is 6.08. The smallest absolute Gasteiger partial charge is 0.229 e. The molecule has 0 aliphatic carbocycles. The van der Waals surface area contributed by atoms with E-state index in [0.717, 1.165) is 28.1 Å². The van der Waals surface area contributed by atoms with Crippen LogP contribution in [0.5, 0.6) is 5.75 Å². The van der Waals surface area contributed by atoms with Gasteiger partial charge >= 0.3 is 0 Å². The number of benzene rings is 3. The van der Waals surface area contributed by atoms with Crippen LogP contribution in [0.4, 0.5) is 23.1 Å². The van der Waals surface area contributed by atoms with Crippen molar-refractivity contribution in [3.05, 3.63) is 78.4 Å². The number of phenolic OH excluding ortho intramolecular Hbond substituents is 1. The minimum absolute atomic E-state index is 0.189. The number of aromatic nitrogens is 2. The second-order valence-electron chi connectivity index (χ2n) is 6.08. The van der Waals surface area contributed by atoms with E-state index in [-0.39, 0.29) is 5.75 Å². The quantitative estimate of drug-likeness (QED) is 0.479. The molecule has 0 spiro atoms. The number of phenols is 1. The van der Waals surface area contributed by atoms with E-state index in [1.54, 1.807) is 18.2 Å². The van der Waals surface area contributed by atoms with Crippen molar-refractivity contribution in [3.8, 4) is 5.75 Å². The van der Waals surface area contributed by atoms with Gasteiger partial charge in [-0.3, -0.25) is 0 Å². The topological polar surface area (TPSA) is 70.1 Å². The van der Waals surface area contributed by atoms with Crippen molar-refractivity contribution in [2.75, 3.05) is 10.6 Å². The lowest BCUT2D eigenvalue weighted by molar-refractivity contribution is 0.475. The molecule has 0 unspecified atom stereocenters. The lowest BCUT2D eigenvalue weighted by Gasteiger charge is -2.12. The van der Waals surface area contributed by atoms with Crippen molar-refractivity contribution in [3.63, 3.8) is 0 Å². The minimum Gasteiger partial charge on any atom is -0.508 e. The number of anilines is 4. The van der Waals surface area contributed by atoms with Gasteiger partial charge in [0.1, 0.15) is 11.6 Å². The fourth-order valence-electron chi connectivity index (χ4n) is 2.71. The molecule has 0 aliphatic rings. The number of para-hydroxylation sites is 1. The van der Waals surface area contributed by atoms with Crippen LogP contribution in [0.3, 0.4) is 0 Å². The average Bonchev–Trinajstić information content (AvgIpc) is 2.64. The Kier molecular flexibility index (Phi) is 4.11. The summed E-state index contributed by atoms with van der Waals surface area (Å²) in [6.45, 7) is 2.06. The molecule has 1 aromatic heterocycles. The monoisotopic (exact) mass is 342 g/mol. The van der Waals surface area contributed by atoms with E-state index < -0.39 is 0 Å². The summed E-state index contributed by atoms with van der Waals surface area (Å²) >= 11 is 0. The van der Waals surface area contributed by atoms with Crippen molar-refractivity contribution < 1.29 is 5.11 Å². The Bertz CT molecular complexity index is 1060. The molecule has 0 radical (unpaired) electrons. The van der Waals surface area contributed by atoms with Crippen LogP contribution in [0.25, 0.3) is 10.9 Å². The highest BCUT2D eigenvalue weighted by molar-refractivity contribution is 5.92. The fraction of sp³-hybridized carbons (Fsp3) is 0.0476. The number of aromatic hydroxyl groups is 1. The number of hydrogen-bond donors (Lipinski definition) is 3. The normalized spacial score (nSPS) is 10.7. The number of rotatable bonds is 4. The number of hydrogen-bond acceptors (Lipinski definition) is 5. The van der Waals surface area contributed by atoms with E-state index in [1.807, 2.05) is 42.5 Å². The summed E-state index contributed by atoms with van der Waals surface area (Å²) in [6.07, 6.45) is 0. The first-order valence-corrected chi connectivity index (χ1v) is 8.34. The molecule has 0 saturated heterocycles. The maximum atomic E-state index is 9.64.